The third kappa shape index (κ3) is 4.88. The molecule has 0 radical (unpaired) electrons. The third-order valence-corrected chi connectivity index (χ3v) is 3.89. The standard InChI is InChI=1S/C12H19N3O3S/c1-3-8-14-12(16)9-15-10-4-6-11(7-5-10)19(17,18)13-2/h4-7,13,15H,3,8-9H2,1-2H3,(H,14,16). The molecule has 106 valence electrons. The fourth-order valence-corrected chi connectivity index (χ4v) is 2.11. The zero-order chi connectivity index (χ0) is 14.3. The molecule has 0 atom stereocenters. The maximum Gasteiger partial charge on any atom is 0.240 e. The predicted molar refractivity (Wildman–Crippen MR) is 74.5 cm³/mol. The Morgan fingerprint density at radius 3 is 2.37 bits per heavy atom. The van der Waals surface area contributed by atoms with Crippen LogP contribution < -0.4 is 15.4 Å². The lowest BCUT2D eigenvalue weighted by Gasteiger charge is -2.08. The number of nitrogens with one attached hydrogen (secondary N) is 3. The van der Waals surface area contributed by atoms with Crippen molar-refractivity contribution in [3.05, 3.63) is 24.3 Å². The fourth-order valence-electron chi connectivity index (χ4n) is 1.38. The van der Waals surface area contributed by atoms with Crippen LogP contribution in [0.5, 0.6) is 0 Å². The molecule has 0 aliphatic carbocycles. The quantitative estimate of drug-likeness (QED) is 0.682. The summed E-state index contributed by atoms with van der Waals surface area (Å²) in [6.07, 6.45) is 0.891. The molecule has 7 heteroatoms. The second-order valence-corrected chi connectivity index (χ2v) is 5.82. The summed E-state index contributed by atoms with van der Waals surface area (Å²) in [5.74, 6) is -0.0891. The first-order valence-electron chi connectivity index (χ1n) is 6.03. The van der Waals surface area contributed by atoms with E-state index in [1.807, 2.05) is 6.92 Å². The molecular weight excluding hydrogens is 266 g/mol. The van der Waals surface area contributed by atoms with Gasteiger partial charge in [-0.2, -0.15) is 0 Å². The fraction of sp³-hybridized carbons (Fsp3) is 0.417. The molecular formula is C12H19N3O3S. The van der Waals surface area contributed by atoms with Crippen LogP contribution in [0.15, 0.2) is 29.2 Å². The Kier molecular flexibility index (Phi) is 5.78. The Bertz CT molecular complexity index is 512. The van der Waals surface area contributed by atoms with Crippen molar-refractivity contribution in [1.82, 2.24) is 10.0 Å². The summed E-state index contributed by atoms with van der Waals surface area (Å²) < 4.78 is 25.2. The number of benzene rings is 1. The molecule has 0 aromatic heterocycles. The van der Waals surface area contributed by atoms with Crippen molar-refractivity contribution in [2.75, 3.05) is 25.5 Å². The summed E-state index contributed by atoms with van der Waals surface area (Å²) in [7, 11) is -2.05. The van der Waals surface area contributed by atoms with Gasteiger partial charge < -0.3 is 10.6 Å². The van der Waals surface area contributed by atoms with Gasteiger partial charge in [0, 0.05) is 12.2 Å². The average molecular weight is 285 g/mol. The number of sulfonamides is 1. The van der Waals surface area contributed by atoms with Gasteiger partial charge in [-0.15, -0.1) is 0 Å². The summed E-state index contributed by atoms with van der Waals surface area (Å²) in [5, 5.41) is 5.66. The van der Waals surface area contributed by atoms with Gasteiger partial charge in [-0.3, -0.25) is 4.79 Å². The van der Waals surface area contributed by atoms with Crippen molar-refractivity contribution in [3.63, 3.8) is 0 Å². The van der Waals surface area contributed by atoms with E-state index in [0.717, 1.165) is 6.42 Å². The molecule has 0 saturated carbocycles. The maximum atomic E-state index is 11.5. The van der Waals surface area contributed by atoms with Gasteiger partial charge in [-0.1, -0.05) is 6.92 Å². The van der Waals surface area contributed by atoms with Gasteiger partial charge in [-0.05, 0) is 37.7 Å². The first-order valence-corrected chi connectivity index (χ1v) is 7.52. The van der Waals surface area contributed by atoms with Gasteiger partial charge in [0.25, 0.3) is 0 Å². The first kappa shape index (κ1) is 15.5. The van der Waals surface area contributed by atoms with Crippen LogP contribution in [-0.4, -0.2) is 34.5 Å². The Labute approximate surface area is 113 Å². The summed E-state index contributed by atoms with van der Waals surface area (Å²) in [5.41, 5.74) is 0.696. The van der Waals surface area contributed by atoms with Gasteiger partial charge in [0.1, 0.15) is 0 Å². The van der Waals surface area contributed by atoms with Crippen LogP contribution in [0.1, 0.15) is 13.3 Å². The van der Waals surface area contributed by atoms with E-state index in [2.05, 4.69) is 15.4 Å². The lowest BCUT2D eigenvalue weighted by molar-refractivity contribution is -0.119. The molecule has 1 amide bonds. The third-order valence-electron chi connectivity index (χ3n) is 2.46. The second kappa shape index (κ2) is 7.10. The number of hydrogen-bond acceptors (Lipinski definition) is 4. The highest BCUT2D eigenvalue weighted by Crippen LogP contribution is 2.13. The lowest BCUT2D eigenvalue weighted by atomic mass is 10.3. The van der Waals surface area contributed by atoms with E-state index >= 15 is 0 Å². The van der Waals surface area contributed by atoms with E-state index in [9.17, 15) is 13.2 Å². The van der Waals surface area contributed by atoms with Crippen LogP contribution in [0.4, 0.5) is 5.69 Å². The smallest absolute Gasteiger partial charge is 0.240 e. The van der Waals surface area contributed by atoms with E-state index in [1.54, 1.807) is 12.1 Å². The minimum Gasteiger partial charge on any atom is -0.376 e. The normalized spacial score (nSPS) is 11.1. The number of carbonyl (C=O) groups is 1. The molecule has 0 saturated heterocycles. The summed E-state index contributed by atoms with van der Waals surface area (Å²) in [6.45, 7) is 2.80. The van der Waals surface area contributed by atoms with Crippen molar-refractivity contribution >= 4 is 21.6 Å². The molecule has 0 heterocycles. The summed E-state index contributed by atoms with van der Waals surface area (Å²) in [4.78, 5) is 11.6. The molecule has 1 aromatic carbocycles. The molecule has 1 aromatic rings. The maximum absolute atomic E-state index is 11.5. The van der Waals surface area contributed by atoms with Gasteiger partial charge in [0.05, 0.1) is 11.4 Å². The van der Waals surface area contributed by atoms with Crippen molar-refractivity contribution in [1.29, 1.82) is 0 Å². The minimum absolute atomic E-state index is 0.0891. The van der Waals surface area contributed by atoms with E-state index in [0.29, 0.717) is 12.2 Å². The molecule has 6 nitrogen and oxygen atoms in total. The van der Waals surface area contributed by atoms with Crippen molar-refractivity contribution in [2.45, 2.75) is 18.2 Å². The zero-order valence-corrected chi connectivity index (χ0v) is 11.9. The monoisotopic (exact) mass is 285 g/mol. The number of amides is 1. The Hall–Kier alpha value is -1.60. The molecule has 3 N–H and O–H groups in total. The molecule has 0 spiro atoms. The Morgan fingerprint density at radius 2 is 1.84 bits per heavy atom. The minimum atomic E-state index is -3.42. The van der Waals surface area contributed by atoms with Crippen molar-refractivity contribution < 1.29 is 13.2 Å². The average Bonchev–Trinajstić information content (AvgIpc) is 2.43. The SMILES string of the molecule is CCCNC(=O)CNc1ccc(S(=O)(=O)NC)cc1. The van der Waals surface area contributed by atoms with E-state index in [4.69, 9.17) is 0 Å². The van der Waals surface area contributed by atoms with Crippen LogP contribution in [0.3, 0.4) is 0 Å². The van der Waals surface area contributed by atoms with E-state index in [-0.39, 0.29) is 17.3 Å². The first-order chi connectivity index (χ1) is 8.99. The number of anilines is 1. The van der Waals surface area contributed by atoms with Crippen LogP contribution >= 0.6 is 0 Å². The molecule has 0 aliphatic heterocycles. The molecule has 0 unspecified atom stereocenters. The molecule has 0 bridgehead atoms. The van der Waals surface area contributed by atoms with Crippen LogP contribution in [0.25, 0.3) is 0 Å². The lowest BCUT2D eigenvalue weighted by Crippen LogP contribution is -2.30. The molecule has 0 fully saturated rings. The highest BCUT2D eigenvalue weighted by Gasteiger charge is 2.10. The van der Waals surface area contributed by atoms with E-state index < -0.39 is 10.0 Å². The van der Waals surface area contributed by atoms with Gasteiger partial charge >= 0.3 is 0 Å². The highest BCUT2D eigenvalue weighted by molar-refractivity contribution is 7.89. The van der Waals surface area contributed by atoms with Gasteiger partial charge in [0.2, 0.25) is 15.9 Å². The molecule has 0 aliphatic rings. The topological polar surface area (TPSA) is 87.3 Å². The van der Waals surface area contributed by atoms with Gasteiger partial charge in [0.15, 0.2) is 0 Å². The van der Waals surface area contributed by atoms with E-state index in [1.165, 1.54) is 19.2 Å². The largest absolute Gasteiger partial charge is 0.376 e. The van der Waals surface area contributed by atoms with Gasteiger partial charge in [-0.25, -0.2) is 13.1 Å². The molecule has 1 rings (SSSR count). The number of hydrogen-bond donors (Lipinski definition) is 3. The van der Waals surface area contributed by atoms with Crippen molar-refractivity contribution in [2.24, 2.45) is 0 Å². The molecule has 19 heavy (non-hydrogen) atoms. The van der Waals surface area contributed by atoms with Crippen LogP contribution in [-0.2, 0) is 14.8 Å². The number of rotatable bonds is 7. The Morgan fingerprint density at radius 1 is 1.21 bits per heavy atom. The summed E-state index contributed by atoms with van der Waals surface area (Å²) >= 11 is 0. The second-order valence-electron chi connectivity index (χ2n) is 3.94. The van der Waals surface area contributed by atoms with Crippen LogP contribution in [0, 0.1) is 0 Å². The van der Waals surface area contributed by atoms with Crippen LogP contribution in [0.2, 0.25) is 0 Å². The zero-order valence-electron chi connectivity index (χ0n) is 11.1. The summed E-state index contributed by atoms with van der Waals surface area (Å²) in [6, 6.07) is 6.21. The Balaban J connectivity index is 2.56. The predicted octanol–water partition coefficient (Wildman–Crippen LogP) is 0.533. The van der Waals surface area contributed by atoms with Crippen molar-refractivity contribution in [3.8, 4) is 0 Å². The highest BCUT2D eigenvalue weighted by atomic mass is 32.2. The number of carbonyl (C=O) groups excluding carboxylic acids is 1.